The summed E-state index contributed by atoms with van der Waals surface area (Å²) < 4.78 is 33.6. The smallest absolute Gasteiger partial charge is 0.201 e. The van der Waals surface area contributed by atoms with Gasteiger partial charge in [0.1, 0.15) is 0 Å². The van der Waals surface area contributed by atoms with Gasteiger partial charge < -0.3 is 4.74 Å². The third-order valence-corrected chi connectivity index (χ3v) is 8.40. The molecule has 2 aliphatic carbocycles. The maximum atomic E-state index is 14.4. The number of hydrogen-bond acceptors (Lipinski definition) is 1. The molecule has 2 saturated carbocycles. The van der Waals surface area contributed by atoms with Crippen molar-refractivity contribution in [2.45, 2.75) is 89.9 Å². The molecule has 0 spiro atoms. The molecule has 0 heterocycles. The van der Waals surface area contributed by atoms with Crippen molar-refractivity contribution in [3.8, 4) is 5.75 Å². The lowest BCUT2D eigenvalue weighted by Crippen LogP contribution is -2.14. The van der Waals surface area contributed by atoms with Crippen LogP contribution in [0.5, 0.6) is 5.75 Å². The van der Waals surface area contributed by atoms with Gasteiger partial charge in [0, 0.05) is 5.56 Å². The molecule has 3 heteroatoms. The van der Waals surface area contributed by atoms with Gasteiger partial charge in [-0.15, -0.1) is 0 Å². The highest BCUT2D eigenvalue weighted by Gasteiger charge is 2.24. The molecule has 2 fully saturated rings. The van der Waals surface area contributed by atoms with Crippen LogP contribution in [0.1, 0.15) is 107 Å². The number of ether oxygens (including phenoxy) is 1. The Morgan fingerprint density at radius 1 is 0.806 bits per heavy atom. The zero-order valence-corrected chi connectivity index (χ0v) is 22.0. The second kappa shape index (κ2) is 13.2. The average Bonchev–Trinajstić information content (AvgIpc) is 2.92. The number of benzene rings is 2. The van der Waals surface area contributed by atoms with Crippen LogP contribution in [0.2, 0.25) is 0 Å². The fourth-order valence-corrected chi connectivity index (χ4v) is 6.15. The Kier molecular flexibility index (Phi) is 9.78. The van der Waals surface area contributed by atoms with Gasteiger partial charge in [0.25, 0.3) is 0 Å². The molecule has 0 saturated heterocycles. The summed E-state index contributed by atoms with van der Waals surface area (Å²) in [5.74, 6) is 0.906. The number of hydrogen-bond donors (Lipinski definition) is 0. The lowest BCUT2D eigenvalue weighted by molar-refractivity contribution is 0.312. The lowest BCUT2D eigenvalue weighted by atomic mass is 9.76. The van der Waals surface area contributed by atoms with Crippen LogP contribution in [0.3, 0.4) is 0 Å². The van der Waals surface area contributed by atoms with Crippen LogP contribution in [-0.2, 0) is 0 Å². The fraction of sp³-hybridized carbons (Fsp3) is 0.515. The maximum Gasteiger partial charge on any atom is 0.201 e. The van der Waals surface area contributed by atoms with Crippen LogP contribution in [-0.4, -0.2) is 6.61 Å². The van der Waals surface area contributed by atoms with E-state index in [9.17, 15) is 8.78 Å². The molecule has 2 aliphatic rings. The highest BCUT2D eigenvalue weighted by atomic mass is 19.2. The second-order valence-electron chi connectivity index (χ2n) is 10.7. The Hall–Kier alpha value is -2.42. The third-order valence-electron chi connectivity index (χ3n) is 8.40. The molecule has 0 aliphatic heterocycles. The molecule has 0 aromatic heterocycles. The molecular weight excluding hydrogens is 450 g/mol. The summed E-state index contributed by atoms with van der Waals surface area (Å²) in [5, 5.41) is 0. The van der Waals surface area contributed by atoms with Crippen LogP contribution < -0.4 is 4.74 Å². The van der Waals surface area contributed by atoms with E-state index in [1.165, 1.54) is 55.7 Å². The predicted molar refractivity (Wildman–Crippen MR) is 146 cm³/mol. The van der Waals surface area contributed by atoms with Crippen LogP contribution in [0.25, 0.3) is 6.08 Å². The summed E-state index contributed by atoms with van der Waals surface area (Å²) in [6, 6.07) is 12.6. The Balaban J connectivity index is 1.25. The molecule has 0 bridgehead atoms. The Bertz CT molecular complexity index is 1010. The summed E-state index contributed by atoms with van der Waals surface area (Å²) in [6.45, 7) is 4.19. The van der Waals surface area contributed by atoms with E-state index in [2.05, 4.69) is 49.4 Å². The van der Waals surface area contributed by atoms with Gasteiger partial charge in [-0.05, 0) is 125 Å². The first-order valence-electron chi connectivity index (χ1n) is 14.1. The SMILES string of the molecule is C/C=C/CCC1CCC(c2ccc(C3CCC(/C=C/c4ccc(OCC)c(F)c4F)CC3)cc2)CC1. The van der Waals surface area contributed by atoms with Crippen LogP contribution in [0.15, 0.2) is 54.6 Å². The molecule has 2 aromatic rings. The van der Waals surface area contributed by atoms with Crippen molar-refractivity contribution in [2.24, 2.45) is 11.8 Å². The monoisotopic (exact) mass is 492 g/mol. The molecule has 0 unspecified atom stereocenters. The molecule has 0 atom stereocenters. The van der Waals surface area contributed by atoms with Crippen LogP contribution in [0, 0.1) is 23.5 Å². The topological polar surface area (TPSA) is 9.23 Å². The minimum atomic E-state index is -0.899. The van der Waals surface area contributed by atoms with Crippen LogP contribution >= 0.6 is 0 Å². The Morgan fingerprint density at radius 2 is 1.42 bits per heavy atom. The summed E-state index contributed by atoms with van der Waals surface area (Å²) in [7, 11) is 0. The fourth-order valence-electron chi connectivity index (χ4n) is 6.15. The lowest BCUT2D eigenvalue weighted by Gasteiger charge is -2.30. The molecule has 36 heavy (non-hydrogen) atoms. The maximum absolute atomic E-state index is 14.4. The van der Waals surface area contributed by atoms with Gasteiger partial charge in [-0.25, -0.2) is 4.39 Å². The average molecular weight is 493 g/mol. The van der Waals surface area contributed by atoms with Crippen molar-refractivity contribution in [2.75, 3.05) is 6.61 Å². The van der Waals surface area contributed by atoms with E-state index in [0.29, 0.717) is 24.0 Å². The van der Waals surface area contributed by atoms with Crippen molar-refractivity contribution >= 4 is 6.08 Å². The standard InChI is InChI=1S/C33H42F2O/c1-3-5-6-7-24-8-13-26(14-9-24)28-18-20-29(21-19-28)27-15-10-25(11-16-27)12-17-30-22-23-31(36-4-2)33(35)32(30)34/h3,5,12,17-27H,4,6-11,13-16H2,1-2H3/b5-3+,17-12+. The van der Waals surface area contributed by atoms with Crippen LogP contribution in [0.4, 0.5) is 8.78 Å². The van der Waals surface area contributed by atoms with Gasteiger partial charge in [0.05, 0.1) is 6.61 Å². The van der Waals surface area contributed by atoms with Crippen molar-refractivity contribution in [1.82, 2.24) is 0 Å². The first-order valence-corrected chi connectivity index (χ1v) is 14.1. The summed E-state index contributed by atoms with van der Waals surface area (Å²) in [4.78, 5) is 0. The molecule has 0 amide bonds. The van der Waals surface area contributed by atoms with Crippen molar-refractivity contribution in [3.63, 3.8) is 0 Å². The van der Waals surface area contributed by atoms with Crippen molar-refractivity contribution in [1.29, 1.82) is 0 Å². The number of halogens is 2. The van der Waals surface area contributed by atoms with Gasteiger partial charge in [-0.3, -0.25) is 0 Å². The molecular formula is C33H42F2O. The third kappa shape index (κ3) is 6.87. The molecule has 2 aromatic carbocycles. The highest BCUT2D eigenvalue weighted by molar-refractivity contribution is 5.52. The van der Waals surface area contributed by atoms with Crippen molar-refractivity contribution < 1.29 is 13.5 Å². The van der Waals surface area contributed by atoms with Crippen molar-refractivity contribution in [3.05, 3.63) is 83.0 Å². The minimum Gasteiger partial charge on any atom is -0.491 e. The first kappa shape index (κ1) is 26.6. The van der Waals surface area contributed by atoms with Gasteiger partial charge in [-0.1, -0.05) is 48.6 Å². The van der Waals surface area contributed by atoms with E-state index in [-0.39, 0.29) is 5.75 Å². The largest absolute Gasteiger partial charge is 0.491 e. The molecule has 0 N–H and O–H groups in total. The highest BCUT2D eigenvalue weighted by Crippen LogP contribution is 2.40. The zero-order valence-electron chi connectivity index (χ0n) is 22.0. The van der Waals surface area contributed by atoms with Gasteiger partial charge in [-0.2, -0.15) is 4.39 Å². The summed E-state index contributed by atoms with van der Waals surface area (Å²) >= 11 is 0. The molecule has 1 nitrogen and oxygen atoms in total. The van der Waals surface area contributed by atoms with Gasteiger partial charge in [0.15, 0.2) is 11.6 Å². The molecule has 194 valence electrons. The van der Waals surface area contributed by atoms with E-state index in [1.807, 2.05) is 0 Å². The number of rotatable bonds is 9. The number of allylic oxidation sites excluding steroid dienone is 3. The minimum absolute atomic E-state index is 0.0218. The first-order chi connectivity index (χ1) is 17.6. The molecule has 0 radical (unpaired) electrons. The predicted octanol–water partition coefficient (Wildman–Crippen LogP) is 9.98. The van der Waals surface area contributed by atoms with E-state index in [4.69, 9.17) is 4.74 Å². The Morgan fingerprint density at radius 3 is 2.00 bits per heavy atom. The molecule has 4 rings (SSSR count). The Labute approximate surface area is 216 Å². The zero-order chi connectivity index (χ0) is 25.3. The summed E-state index contributed by atoms with van der Waals surface area (Å²) in [6.07, 6.45) is 20.7. The van der Waals surface area contributed by atoms with E-state index in [1.54, 1.807) is 19.1 Å². The second-order valence-corrected chi connectivity index (χ2v) is 10.7. The van der Waals surface area contributed by atoms with E-state index in [0.717, 1.165) is 37.5 Å². The van der Waals surface area contributed by atoms with E-state index >= 15 is 0 Å². The quantitative estimate of drug-likeness (QED) is 0.316. The van der Waals surface area contributed by atoms with Gasteiger partial charge >= 0.3 is 0 Å². The van der Waals surface area contributed by atoms with Gasteiger partial charge in [0.2, 0.25) is 5.82 Å². The summed E-state index contributed by atoms with van der Waals surface area (Å²) in [5.41, 5.74) is 3.27. The normalized spacial score (nSPS) is 25.0. The van der Waals surface area contributed by atoms with E-state index < -0.39 is 11.6 Å².